The van der Waals surface area contributed by atoms with Crippen molar-refractivity contribution < 1.29 is 14.6 Å². The number of benzene rings is 2. The number of nitro benzene ring substituents is 2. The van der Waals surface area contributed by atoms with E-state index in [1.54, 1.807) is 36.4 Å². The van der Waals surface area contributed by atoms with Gasteiger partial charge in [0.2, 0.25) is 0 Å². The minimum atomic E-state index is -0.400. The molecule has 2 rings (SSSR count). The maximum Gasteiger partial charge on any atom is 0.269 e. The van der Waals surface area contributed by atoms with Crippen LogP contribution in [-0.2, 0) is 17.6 Å². The van der Waals surface area contributed by atoms with Crippen molar-refractivity contribution in [2.75, 3.05) is 0 Å². The topological polar surface area (TPSA) is 95.5 Å². The fourth-order valence-corrected chi connectivity index (χ4v) is 3.29. The minimum absolute atomic E-state index is 0.0959. The lowest BCUT2D eigenvalue weighted by Gasteiger charge is -2.20. The second kappa shape index (κ2) is 12.4. The number of hydrogen-bond acceptors (Lipinski definition) is 5. The van der Waals surface area contributed by atoms with Gasteiger partial charge >= 0.3 is 0 Å². The Bertz CT molecular complexity index is 804. The Kier molecular flexibility index (Phi) is 9.58. The van der Waals surface area contributed by atoms with Gasteiger partial charge in [-0.25, -0.2) is 0 Å². The first-order valence-electron chi connectivity index (χ1n) is 10.3. The first kappa shape index (κ1) is 24.0. The molecule has 2 unspecified atom stereocenters. The number of non-ortho nitro benzene ring substituents is 2. The lowest BCUT2D eigenvalue weighted by atomic mass is 10.0. The van der Waals surface area contributed by atoms with Crippen LogP contribution in [0.15, 0.2) is 73.8 Å². The highest BCUT2D eigenvalue weighted by Gasteiger charge is 2.12. The van der Waals surface area contributed by atoms with Gasteiger partial charge in [-0.15, -0.1) is 13.2 Å². The van der Waals surface area contributed by atoms with Crippen LogP contribution < -0.4 is 0 Å². The van der Waals surface area contributed by atoms with E-state index in [2.05, 4.69) is 13.2 Å². The molecule has 0 aliphatic rings. The van der Waals surface area contributed by atoms with Crippen molar-refractivity contribution in [3.05, 3.63) is 105 Å². The molecule has 0 aromatic heterocycles. The Morgan fingerprint density at radius 3 is 1.39 bits per heavy atom. The highest BCUT2D eigenvalue weighted by molar-refractivity contribution is 5.33. The summed E-state index contributed by atoms with van der Waals surface area (Å²) in [6.45, 7) is 7.73. The molecule has 31 heavy (non-hydrogen) atoms. The molecule has 0 saturated carbocycles. The summed E-state index contributed by atoms with van der Waals surface area (Å²) in [5, 5.41) is 21.4. The summed E-state index contributed by atoms with van der Waals surface area (Å²) < 4.78 is 6.11. The third-order valence-corrected chi connectivity index (χ3v) is 5.08. The number of ether oxygens (including phenoxy) is 1. The largest absolute Gasteiger partial charge is 0.367 e. The lowest BCUT2D eigenvalue weighted by molar-refractivity contribution is -0.385. The van der Waals surface area contributed by atoms with Crippen molar-refractivity contribution in [1.82, 2.24) is 0 Å². The summed E-state index contributed by atoms with van der Waals surface area (Å²) in [7, 11) is 0. The molecule has 0 saturated heterocycles. The molecule has 0 spiro atoms. The fourth-order valence-electron chi connectivity index (χ4n) is 3.29. The molecular weight excluding hydrogens is 396 g/mol. The van der Waals surface area contributed by atoms with E-state index in [0.717, 1.165) is 49.7 Å². The highest BCUT2D eigenvalue weighted by Crippen LogP contribution is 2.18. The number of nitro groups is 2. The molecule has 7 nitrogen and oxygen atoms in total. The van der Waals surface area contributed by atoms with Gasteiger partial charge in [0.05, 0.1) is 22.1 Å². The van der Waals surface area contributed by atoms with E-state index >= 15 is 0 Å². The normalized spacial score (nSPS) is 12.6. The van der Waals surface area contributed by atoms with Crippen molar-refractivity contribution in [1.29, 1.82) is 0 Å². The Labute approximate surface area is 182 Å². The van der Waals surface area contributed by atoms with Crippen LogP contribution >= 0.6 is 0 Å². The molecule has 0 bridgehead atoms. The standard InChI is InChI=1S/C24H28N2O5/c1-3-23(9-5-7-19-11-15-21(16-12-19)25(27)28)31-24(4-2)10-6-8-20-13-17-22(18-14-20)26(29)30/h3-4,11-18,23-24H,1-2,5-10H2. The quantitative estimate of drug-likeness (QED) is 0.211. The van der Waals surface area contributed by atoms with Gasteiger partial charge in [-0.1, -0.05) is 36.4 Å². The number of hydrogen-bond donors (Lipinski definition) is 0. The van der Waals surface area contributed by atoms with Gasteiger partial charge in [0.15, 0.2) is 0 Å². The Balaban J connectivity index is 1.74. The second-order valence-electron chi connectivity index (χ2n) is 7.32. The van der Waals surface area contributed by atoms with Crippen molar-refractivity contribution in [3.63, 3.8) is 0 Å². The molecule has 0 aliphatic carbocycles. The van der Waals surface area contributed by atoms with Crippen LogP contribution in [0, 0.1) is 20.2 Å². The van der Waals surface area contributed by atoms with Gasteiger partial charge in [-0.05, 0) is 49.7 Å². The molecule has 164 valence electrons. The highest BCUT2D eigenvalue weighted by atomic mass is 16.6. The van der Waals surface area contributed by atoms with Gasteiger partial charge in [-0.2, -0.15) is 0 Å². The summed E-state index contributed by atoms with van der Waals surface area (Å²) in [6, 6.07) is 13.2. The number of aryl methyl sites for hydroxylation is 2. The van der Waals surface area contributed by atoms with Crippen LogP contribution in [0.3, 0.4) is 0 Å². The van der Waals surface area contributed by atoms with E-state index in [0.29, 0.717) is 0 Å². The van der Waals surface area contributed by atoms with Crippen molar-refractivity contribution in [2.24, 2.45) is 0 Å². The maximum atomic E-state index is 10.7. The Morgan fingerprint density at radius 2 is 1.10 bits per heavy atom. The van der Waals surface area contributed by atoms with Crippen molar-refractivity contribution >= 4 is 11.4 Å². The van der Waals surface area contributed by atoms with Crippen LogP contribution in [0.5, 0.6) is 0 Å². The predicted octanol–water partition coefficient (Wildman–Crippen LogP) is 5.97. The molecule has 0 fully saturated rings. The van der Waals surface area contributed by atoms with Gasteiger partial charge in [0.1, 0.15) is 0 Å². The zero-order valence-corrected chi connectivity index (χ0v) is 17.5. The molecule has 0 aliphatic heterocycles. The van der Waals surface area contributed by atoms with E-state index in [1.807, 2.05) is 0 Å². The van der Waals surface area contributed by atoms with E-state index in [4.69, 9.17) is 4.74 Å². The summed E-state index contributed by atoms with van der Waals surface area (Å²) in [5.41, 5.74) is 2.30. The number of nitrogens with zero attached hydrogens (tertiary/aromatic N) is 2. The van der Waals surface area contributed by atoms with Gasteiger partial charge in [-0.3, -0.25) is 20.2 Å². The summed E-state index contributed by atoms with van der Waals surface area (Å²) >= 11 is 0. The summed E-state index contributed by atoms with van der Waals surface area (Å²) in [5.74, 6) is 0. The van der Waals surface area contributed by atoms with E-state index in [9.17, 15) is 20.2 Å². The average Bonchev–Trinajstić information content (AvgIpc) is 2.78. The molecule has 2 aromatic carbocycles. The van der Waals surface area contributed by atoms with Crippen molar-refractivity contribution in [2.45, 2.75) is 50.7 Å². The zero-order chi connectivity index (χ0) is 22.6. The van der Waals surface area contributed by atoms with E-state index in [1.165, 1.54) is 24.3 Å². The second-order valence-corrected chi connectivity index (χ2v) is 7.32. The molecule has 2 aromatic rings. The van der Waals surface area contributed by atoms with Crippen LogP contribution in [0.4, 0.5) is 11.4 Å². The molecule has 0 heterocycles. The average molecular weight is 424 g/mol. The van der Waals surface area contributed by atoms with Crippen LogP contribution in [0.2, 0.25) is 0 Å². The third-order valence-electron chi connectivity index (χ3n) is 5.08. The van der Waals surface area contributed by atoms with Gasteiger partial charge < -0.3 is 4.74 Å². The van der Waals surface area contributed by atoms with Crippen LogP contribution in [0.1, 0.15) is 36.8 Å². The monoisotopic (exact) mass is 424 g/mol. The molecule has 0 amide bonds. The molecule has 0 N–H and O–H groups in total. The fraction of sp³-hybridized carbons (Fsp3) is 0.333. The van der Waals surface area contributed by atoms with Gasteiger partial charge in [0.25, 0.3) is 11.4 Å². The van der Waals surface area contributed by atoms with Crippen LogP contribution in [0.25, 0.3) is 0 Å². The van der Waals surface area contributed by atoms with Crippen molar-refractivity contribution in [3.8, 4) is 0 Å². The molecule has 2 atom stereocenters. The minimum Gasteiger partial charge on any atom is -0.367 e. The first-order valence-corrected chi connectivity index (χ1v) is 10.3. The predicted molar refractivity (Wildman–Crippen MR) is 121 cm³/mol. The molecule has 0 radical (unpaired) electrons. The van der Waals surface area contributed by atoms with Crippen LogP contribution in [-0.4, -0.2) is 22.1 Å². The number of rotatable bonds is 14. The van der Waals surface area contributed by atoms with E-state index < -0.39 is 9.85 Å². The van der Waals surface area contributed by atoms with Gasteiger partial charge in [0, 0.05) is 24.3 Å². The zero-order valence-electron chi connectivity index (χ0n) is 17.5. The SMILES string of the molecule is C=CC(CCCc1ccc([N+](=O)[O-])cc1)OC(C=C)CCCc1ccc([N+](=O)[O-])cc1. The van der Waals surface area contributed by atoms with E-state index in [-0.39, 0.29) is 23.6 Å². The maximum absolute atomic E-state index is 10.7. The molecular formula is C24H28N2O5. The Hall–Kier alpha value is -3.32. The third kappa shape index (κ3) is 8.14. The smallest absolute Gasteiger partial charge is 0.269 e. The lowest BCUT2D eigenvalue weighted by Crippen LogP contribution is -2.19. The first-order chi connectivity index (χ1) is 14.9. The Morgan fingerprint density at radius 1 is 0.742 bits per heavy atom. The summed E-state index contributed by atoms with van der Waals surface area (Å²) in [4.78, 5) is 20.6. The summed E-state index contributed by atoms with van der Waals surface area (Å²) in [6.07, 6.45) is 8.37. The molecule has 7 heteroatoms.